The molecule has 0 amide bonds. The van der Waals surface area contributed by atoms with Crippen molar-refractivity contribution in [2.75, 3.05) is 0 Å². The van der Waals surface area contributed by atoms with Crippen molar-refractivity contribution >= 4 is 11.9 Å². The zero-order chi connectivity index (χ0) is 12.8. The molecule has 0 unspecified atom stereocenters. The van der Waals surface area contributed by atoms with Gasteiger partial charge in [0.2, 0.25) is 0 Å². The Morgan fingerprint density at radius 2 is 1.59 bits per heavy atom. The van der Waals surface area contributed by atoms with Crippen LogP contribution in [0.25, 0.3) is 0 Å². The molecule has 0 heterocycles. The number of hydrogen-bond acceptors (Lipinski definition) is 5. The van der Waals surface area contributed by atoms with Crippen LogP contribution in [0.2, 0.25) is 0 Å². The van der Waals surface area contributed by atoms with Crippen molar-refractivity contribution in [2.45, 2.75) is 26.7 Å². The van der Waals surface area contributed by atoms with E-state index < -0.39 is 18.2 Å². The molecule has 17 heavy (non-hydrogen) atoms. The van der Waals surface area contributed by atoms with Gasteiger partial charge in [-0.15, -0.1) is 0 Å². The molecule has 0 atom stereocenters. The highest BCUT2D eigenvalue weighted by molar-refractivity contribution is 5.68. The Hall–Kier alpha value is -1.88. The first-order chi connectivity index (χ1) is 8.02. The first-order valence-electron chi connectivity index (χ1n) is 5.16. The minimum Gasteiger partial charge on any atom is -0.421 e. The highest BCUT2D eigenvalue weighted by atomic mass is 16.7. The number of carbonyl (C=O) groups excluding carboxylic acids is 2. The summed E-state index contributed by atoms with van der Waals surface area (Å²) >= 11 is 0. The van der Waals surface area contributed by atoms with Crippen LogP contribution in [-0.4, -0.2) is 11.9 Å². The number of esters is 2. The summed E-state index contributed by atoms with van der Waals surface area (Å²) in [5.41, 5.74) is 7.00. The van der Waals surface area contributed by atoms with Crippen LogP contribution in [0.1, 0.15) is 31.3 Å². The van der Waals surface area contributed by atoms with Crippen molar-refractivity contribution in [1.29, 1.82) is 0 Å². The smallest absolute Gasteiger partial charge is 0.305 e. The molecule has 92 valence electrons. The van der Waals surface area contributed by atoms with Gasteiger partial charge in [0.05, 0.1) is 0 Å². The SMILES string of the molecule is CC(=O)OC(OC(C)=O)c1ccc(CN)cc1. The second-order valence-electron chi connectivity index (χ2n) is 3.50. The first-order valence-corrected chi connectivity index (χ1v) is 5.16. The third-order valence-corrected chi connectivity index (χ3v) is 2.03. The van der Waals surface area contributed by atoms with Crippen LogP contribution in [0.15, 0.2) is 24.3 Å². The van der Waals surface area contributed by atoms with Gasteiger partial charge in [-0.1, -0.05) is 24.3 Å². The van der Waals surface area contributed by atoms with Crippen molar-refractivity contribution < 1.29 is 19.1 Å². The fourth-order valence-electron chi connectivity index (χ4n) is 1.27. The van der Waals surface area contributed by atoms with Crippen LogP contribution in [0.5, 0.6) is 0 Å². The molecule has 0 spiro atoms. The van der Waals surface area contributed by atoms with Gasteiger partial charge < -0.3 is 15.2 Å². The van der Waals surface area contributed by atoms with E-state index in [9.17, 15) is 9.59 Å². The van der Waals surface area contributed by atoms with E-state index >= 15 is 0 Å². The van der Waals surface area contributed by atoms with Crippen molar-refractivity contribution in [3.63, 3.8) is 0 Å². The maximum absolute atomic E-state index is 10.9. The van der Waals surface area contributed by atoms with E-state index in [0.29, 0.717) is 12.1 Å². The van der Waals surface area contributed by atoms with Crippen molar-refractivity contribution in [3.8, 4) is 0 Å². The summed E-state index contributed by atoms with van der Waals surface area (Å²) in [4.78, 5) is 21.8. The average Bonchev–Trinajstić information content (AvgIpc) is 2.27. The molecule has 1 aromatic carbocycles. The van der Waals surface area contributed by atoms with Crippen LogP contribution in [-0.2, 0) is 25.6 Å². The molecule has 1 rings (SSSR count). The van der Waals surface area contributed by atoms with Crippen LogP contribution >= 0.6 is 0 Å². The number of ether oxygens (including phenoxy) is 2. The zero-order valence-electron chi connectivity index (χ0n) is 9.80. The minimum atomic E-state index is -1.00. The molecule has 0 saturated heterocycles. The Morgan fingerprint density at radius 1 is 1.12 bits per heavy atom. The van der Waals surface area contributed by atoms with Gasteiger partial charge in [-0.2, -0.15) is 0 Å². The molecular formula is C12H15NO4. The van der Waals surface area contributed by atoms with Gasteiger partial charge in [0, 0.05) is 26.0 Å². The highest BCUT2D eigenvalue weighted by Crippen LogP contribution is 2.20. The highest BCUT2D eigenvalue weighted by Gasteiger charge is 2.17. The first kappa shape index (κ1) is 13.2. The maximum Gasteiger partial charge on any atom is 0.305 e. The Kier molecular flexibility index (Phi) is 4.66. The number of nitrogens with two attached hydrogens (primary N) is 1. The number of benzene rings is 1. The monoisotopic (exact) mass is 237 g/mol. The van der Waals surface area contributed by atoms with Crippen LogP contribution in [0, 0.1) is 0 Å². The normalized spacial score (nSPS) is 10.1. The fourth-order valence-corrected chi connectivity index (χ4v) is 1.27. The van der Waals surface area contributed by atoms with E-state index in [1.165, 1.54) is 13.8 Å². The molecule has 0 radical (unpaired) electrons. The van der Waals surface area contributed by atoms with E-state index in [2.05, 4.69) is 0 Å². The largest absolute Gasteiger partial charge is 0.421 e. The Bertz CT molecular complexity index is 383. The van der Waals surface area contributed by atoms with Crippen LogP contribution < -0.4 is 5.73 Å². The van der Waals surface area contributed by atoms with Crippen LogP contribution in [0.3, 0.4) is 0 Å². The van der Waals surface area contributed by atoms with Crippen LogP contribution in [0.4, 0.5) is 0 Å². The Balaban J connectivity index is 2.86. The van der Waals surface area contributed by atoms with Crippen molar-refractivity contribution in [3.05, 3.63) is 35.4 Å². The molecule has 0 aromatic heterocycles. The van der Waals surface area contributed by atoms with E-state index in [1.54, 1.807) is 24.3 Å². The number of rotatable bonds is 4. The molecule has 5 nitrogen and oxygen atoms in total. The predicted octanol–water partition coefficient (Wildman–Crippen LogP) is 1.27. The van der Waals surface area contributed by atoms with Crippen molar-refractivity contribution in [2.24, 2.45) is 5.73 Å². The summed E-state index contributed by atoms with van der Waals surface area (Å²) < 4.78 is 9.81. The lowest BCUT2D eigenvalue weighted by Crippen LogP contribution is -2.15. The maximum atomic E-state index is 10.9. The second kappa shape index (κ2) is 6.00. The molecule has 1 aromatic rings. The lowest BCUT2D eigenvalue weighted by molar-refractivity contribution is -0.186. The summed E-state index contributed by atoms with van der Waals surface area (Å²) in [5.74, 6) is -1.03. The number of carbonyl (C=O) groups is 2. The third-order valence-electron chi connectivity index (χ3n) is 2.03. The van der Waals surface area contributed by atoms with Gasteiger partial charge in [-0.25, -0.2) is 0 Å². The fraction of sp³-hybridized carbons (Fsp3) is 0.333. The van der Waals surface area contributed by atoms with E-state index in [-0.39, 0.29) is 0 Å². The minimum absolute atomic E-state index is 0.423. The standard InChI is InChI=1S/C12H15NO4/c1-8(14)16-12(17-9(2)15)11-5-3-10(7-13)4-6-11/h3-6,12H,7,13H2,1-2H3. The summed E-state index contributed by atoms with van der Waals surface area (Å²) in [6, 6.07) is 6.99. The summed E-state index contributed by atoms with van der Waals surface area (Å²) in [6.07, 6.45) is -1.00. The molecule has 0 aliphatic carbocycles. The van der Waals surface area contributed by atoms with Crippen molar-refractivity contribution in [1.82, 2.24) is 0 Å². The molecule has 2 N–H and O–H groups in total. The Morgan fingerprint density at radius 3 is 1.94 bits per heavy atom. The van der Waals surface area contributed by atoms with E-state index in [0.717, 1.165) is 5.56 Å². The molecule has 5 heteroatoms. The molecule has 0 fully saturated rings. The summed E-state index contributed by atoms with van der Waals surface area (Å²) in [7, 11) is 0. The van der Waals surface area contributed by atoms with Gasteiger partial charge in [0.25, 0.3) is 6.29 Å². The topological polar surface area (TPSA) is 78.6 Å². The zero-order valence-corrected chi connectivity index (χ0v) is 9.80. The quantitative estimate of drug-likeness (QED) is 0.630. The number of hydrogen-bond donors (Lipinski definition) is 1. The molecule has 0 bridgehead atoms. The predicted molar refractivity (Wildman–Crippen MR) is 60.6 cm³/mol. The van der Waals surface area contributed by atoms with Gasteiger partial charge in [0.1, 0.15) is 0 Å². The average molecular weight is 237 g/mol. The van der Waals surface area contributed by atoms with E-state index in [1.807, 2.05) is 0 Å². The molecular weight excluding hydrogens is 222 g/mol. The Labute approximate surface area is 99.5 Å². The van der Waals surface area contributed by atoms with Gasteiger partial charge in [-0.05, 0) is 5.56 Å². The molecule has 0 saturated carbocycles. The lowest BCUT2D eigenvalue weighted by Gasteiger charge is -2.17. The second-order valence-corrected chi connectivity index (χ2v) is 3.50. The van der Waals surface area contributed by atoms with Gasteiger partial charge in [-0.3, -0.25) is 9.59 Å². The third kappa shape index (κ3) is 4.24. The van der Waals surface area contributed by atoms with E-state index in [4.69, 9.17) is 15.2 Å². The molecule has 0 aliphatic heterocycles. The van der Waals surface area contributed by atoms with Gasteiger partial charge >= 0.3 is 11.9 Å². The van der Waals surface area contributed by atoms with Gasteiger partial charge in [0.15, 0.2) is 0 Å². The summed E-state index contributed by atoms with van der Waals surface area (Å²) in [5, 5.41) is 0. The summed E-state index contributed by atoms with van der Waals surface area (Å²) in [6.45, 7) is 2.93. The molecule has 0 aliphatic rings. The lowest BCUT2D eigenvalue weighted by atomic mass is 10.1.